The third-order valence-corrected chi connectivity index (χ3v) is 2.99. The first-order valence-electron chi connectivity index (χ1n) is 6.39. The predicted octanol–water partition coefficient (Wildman–Crippen LogP) is 1.57. The van der Waals surface area contributed by atoms with Crippen molar-refractivity contribution in [3.05, 3.63) is 60.2 Å². The van der Waals surface area contributed by atoms with Crippen molar-refractivity contribution in [1.82, 2.24) is 24.8 Å². The van der Waals surface area contributed by atoms with Crippen LogP contribution in [0.2, 0.25) is 0 Å². The van der Waals surface area contributed by atoms with Gasteiger partial charge in [0.2, 0.25) is 0 Å². The molecule has 3 aromatic rings. The molecule has 1 atom stereocenters. The Morgan fingerprint density at radius 2 is 2.00 bits per heavy atom. The molecule has 6 nitrogen and oxygen atoms in total. The van der Waals surface area contributed by atoms with E-state index in [9.17, 15) is 5.11 Å². The van der Waals surface area contributed by atoms with E-state index in [1.807, 2.05) is 41.2 Å². The second-order valence-electron chi connectivity index (χ2n) is 4.65. The minimum atomic E-state index is -0.601. The van der Waals surface area contributed by atoms with Crippen LogP contribution in [0.5, 0.6) is 0 Å². The Balaban J connectivity index is 1.77. The van der Waals surface area contributed by atoms with Gasteiger partial charge >= 0.3 is 0 Å². The van der Waals surface area contributed by atoms with E-state index in [4.69, 9.17) is 0 Å². The van der Waals surface area contributed by atoms with Gasteiger partial charge in [-0.05, 0) is 19.1 Å². The topological polar surface area (TPSA) is 68.8 Å². The van der Waals surface area contributed by atoms with Crippen LogP contribution in [0.3, 0.4) is 0 Å². The van der Waals surface area contributed by atoms with Crippen molar-refractivity contribution in [3.63, 3.8) is 0 Å². The third-order valence-electron chi connectivity index (χ3n) is 2.99. The lowest BCUT2D eigenvalue weighted by Crippen LogP contribution is -1.99. The van der Waals surface area contributed by atoms with Crippen LogP contribution in [-0.2, 0) is 6.54 Å². The number of hydrogen-bond donors (Lipinski definition) is 1. The number of aromatic nitrogens is 5. The van der Waals surface area contributed by atoms with Crippen LogP contribution < -0.4 is 0 Å². The summed E-state index contributed by atoms with van der Waals surface area (Å²) in [5, 5.41) is 21.7. The maximum absolute atomic E-state index is 9.42. The van der Waals surface area contributed by atoms with Gasteiger partial charge in [-0.2, -0.15) is 5.10 Å². The Hall–Kier alpha value is -2.47. The van der Waals surface area contributed by atoms with Crippen LogP contribution in [0.25, 0.3) is 5.69 Å². The van der Waals surface area contributed by atoms with E-state index >= 15 is 0 Å². The quantitative estimate of drug-likeness (QED) is 0.780. The molecule has 1 aromatic carbocycles. The Bertz CT molecular complexity index is 686. The summed E-state index contributed by atoms with van der Waals surface area (Å²) in [5.41, 5.74) is 2.61. The molecular formula is C14H15N5O. The Morgan fingerprint density at radius 3 is 2.70 bits per heavy atom. The molecular weight excluding hydrogens is 254 g/mol. The largest absolute Gasteiger partial charge is 0.387 e. The maximum Gasteiger partial charge on any atom is 0.111 e. The molecule has 0 aliphatic rings. The van der Waals surface area contributed by atoms with Crippen molar-refractivity contribution in [2.24, 2.45) is 0 Å². The molecule has 0 aliphatic heterocycles. The molecule has 102 valence electrons. The summed E-state index contributed by atoms with van der Waals surface area (Å²) in [6.45, 7) is 2.24. The molecule has 0 bridgehead atoms. The minimum Gasteiger partial charge on any atom is -0.387 e. The highest BCUT2D eigenvalue weighted by Gasteiger charge is 2.07. The van der Waals surface area contributed by atoms with E-state index in [0.29, 0.717) is 12.2 Å². The lowest BCUT2D eigenvalue weighted by atomic mass is 10.3. The molecule has 20 heavy (non-hydrogen) atoms. The first-order chi connectivity index (χ1) is 9.72. The zero-order valence-electron chi connectivity index (χ0n) is 11.1. The van der Waals surface area contributed by atoms with Gasteiger partial charge in [-0.25, -0.2) is 9.36 Å². The molecule has 2 aromatic heterocycles. The lowest BCUT2D eigenvalue weighted by molar-refractivity contribution is 0.194. The summed E-state index contributed by atoms with van der Waals surface area (Å²) in [4.78, 5) is 0. The summed E-state index contributed by atoms with van der Waals surface area (Å²) < 4.78 is 3.51. The number of nitrogens with zero attached hydrogens (tertiary/aromatic N) is 5. The molecule has 1 unspecified atom stereocenters. The molecule has 0 spiro atoms. The highest BCUT2D eigenvalue weighted by Crippen LogP contribution is 2.10. The SMILES string of the molecule is CC(O)c1cn(Cc2cnn(-c3ccccc3)c2)nn1. The normalized spacial score (nSPS) is 12.5. The van der Waals surface area contributed by atoms with Crippen molar-refractivity contribution in [3.8, 4) is 5.69 Å². The van der Waals surface area contributed by atoms with Crippen molar-refractivity contribution >= 4 is 0 Å². The van der Waals surface area contributed by atoms with Crippen LogP contribution >= 0.6 is 0 Å². The molecule has 0 aliphatic carbocycles. The van der Waals surface area contributed by atoms with E-state index in [2.05, 4.69) is 15.4 Å². The summed E-state index contributed by atoms with van der Waals surface area (Å²) >= 11 is 0. The fourth-order valence-corrected chi connectivity index (χ4v) is 1.93. The molecule has 6 heteroatoms. The Labute approximate surface area is 116 Å². The van der Waals surface area contributed by atoms with Crippen molar-refractivity contribution < 1.29 is 5.11 Å². The summed E-state index contributed by atoms with van der Waals surface area (Å²) in [7, 11) is 0. The highest BCUT2D eigenvalue weighted by molar-refractivity contribution is 5.30. The zero-order valence-corrected chi connectivity index (χ0v) is 11.1. The van der Waals surface area contributed by atoms with E-state index in [-0.39, 0.29) is 0 Å². The highest BCUT2D eigenvalue weighted by atomic mass is 16.3. The monoisotopic (exact) mass is 269 g/mol. The Kier molecular flexibility index (Phi) is 3.30. The van der Waals surface area contributed by atoms with Gasteiger partial charge in [0.15, 0.2) is 0 Å². The summed E-state index contributed by atoms with van der Waals surface area (Å²) in [6, 6.07) is 9.92. The average molecular weight is 269 g/mol. The number of rotatable bonds is 4. The standard InChI is InChI=1S/C14H15N5O/c1-11(20)14-10-18(17-16-14)8-12-7-15-19(9-12)13-5-3-2-4-6-13/h2-7,9-11,20H,8H2,1H3. The number of aliphatic hydroxyl groups is 1. The molecule has 2 heterocycles. The molecule has 0 radical (unpaired) electrons. The van der Waals surface area contributed by atoms with Gasteiger partial charge in [-0.15, -0.1) is 5.10 Å². The summed E-state index contributed by atoms with van der Waals surface area (Å²) in [6.07, 6.45) is 4.90. The van der Waals surface area contributed by atoms with Crippen molar-refractivity contribution in [2.75, 3.05) is 0 Å². The third kappa shape index (κ3) is 2.60. The molecule has 0 saturated heterocycles. The fourth-order valence-electron chi connectivity index (χ4n) is 1.93. The van der Waals surface area contributed by atoms with Gasteiger partial charge in [0.05, 0.1) is 30.7 Å². The van der Waals surface area contributed by atoms with E-state index in [1.165, 1.54) is 0 Å². The number of aliphatic hydroxyl groups excluding tert-OH is 1. The van der Waals surface area contributed by atoms with Crippen molar-refractivity contribution in [1.29, 1.82) is 0 Å². The second kappa shape index (κ2) is 5.26. The Morgan fingerprint density at radius 1 is 1.20 bits per heavy atom. The van der Waals surface area contributed by atoms with Gasteiger partial charge in [0.25, 0.3) is 0 Å². The molecule has 3 rings (SSSR count). The van der Waals surface area contributed by atoms with Gasteiger partial charge in [0, 0.05) is 11.8 Å². The van der Waals surface area contributed by atoms with Crippen LogP contribution in [0.15, 0.2) is 48.9 Å². The lowest BCUT2D eigenvalue weighted by Gasteiger charge is -1.99. The molecule has 0 amide bonds. The van der Waals surface area contributed by atoms with E-state index in [0.717, 1.165) is 11.3 Å². The zero-order chi connectivity index (χ0) is 13.9. The first-order valence-corrected chi connectivity index (χ1v) is 6.39. The number of para-hydroxylation sites is 1. The maximum atomic E-state index is 9.42. The fraction of sp³-hybridized carbons (Fsp3) is 0.214. The van der Waals surface area contributed by atoms with Crippen LogP contribution in [0.4, 0.5) is 0 Å². The van der Waals surface area contributed by atoms with Crippen molar-refractivity contribution in [2.45, 2.75) is 19.6 Å². The minimum absolute atomic E-state index is 0.570. The molecule has 0 saturated carbocycles. The second-order valence-corrected chi connectivity index (χ2v) is 4.65. The van der Waals surface area contributed by atoms with Gasteiger partial charge in [-0.1, -0.05) is 23.4 Å². The average Bonchev–Trinajstić information content (AvgIpc) is 3.10. The molecule has 1 N–H and O–H groups in total. The van der Waals surface area contributed by atoms with E-state index < -0.39 is 6.10 Å². The van der Waals surface area contributed by atoms with Gasteiger partial charge in [0.1, 0.15) is 5.69 Å². The predicted molar refractivity (Wildman–Crippen MR) is 73.3 cm³/mol. The van der Waals surface area contributed by atoms with Crippen LogP contribution in [0, 0.1) is 0 Å². The first kappa shape index (κ1) is 12.6. The van der Waals surface area contributed by atoms with Crippen LogP contribution in [-0.4, -0.2) is 29.9 Å². The smallest absolute Gasteiger partial charge is 0.111 e. The summed E-state index contributed by atoms with van der Waals surface area (Å²) in [5.74, 6) is 0. The van der Waals surface area contributed by atoms with Gasteiger partial charge < -0.3 is 5.11 Å². The van der Waals surface area contributed by atoms with Gasteiger partial charge in [-0.3, -0.25) is 0 Å². The van der Waals surface area contributed by atoms with E-state index in [1.54, 1.807) is 24.0 Å². The number of benzene rings is 1. The van der Waals surface area contributed by atoms with Crippen LogP contribution in [0.1, 0.15) is 24.3 Å². The molecule has 0 fully saturated rings. The number of hydrogen-bond acceptors (Lipinski definition) is 4.